The van der Waals surface area contributed by atoms with Crippen LogP contribution in [-0.2, 0) is 6.54 Å². The minimum Gasteiger partial charge on any atom is -0.347 e. The van der Waals surface area contributed by atoms with Gasteiger partial charge < -0.3 is 5.32 Å². The minimum atomic E-state index is -0.124. The topological polar surface area (TPSA) is 72.7 Å². The molecule has 6 nitrogen and oxygen atoms in total. The molecule has 1 amide bonds. The zero-order chi connectivity index (χ0) is 16.2. The highest BCUT2D eigenvalue weighted by Crippen LogP contribution is 2.13. The van der Waals surface area contributed by atoms with Crippen LogP contribution in [0, 0.1) is 5.92 Å². The fourth-order valence-electron chi connectivity index (χ4n) is 2.41. The van der Waals surface area contributed by atoms with Gasteiger partial charge in [0.05, 0.1) is 23.7 Å². The first-order chi connectivity index (χ1) is 11.1. The van der Waals surface area contributed by atoms with Gasteiger partial charge in [-0.2, -0.15) is 0 Å². The largest absolute Gasteiger partial charge is 0.347 e. The molecule has 0 aliphatic heterocycles. The van der Waals surface area contributed by atoms with Gasteiger partial charge in [0.1, 0.15) is 5.52 Å². The molecule has 118 valence electrons. The van der Waals surface area contributed by atoms with Crippen LogP contribution in [0.2, 0.25) is 0 Å². The molecule has 0 saturated heterocycles. The van der Waals surface area contributed by atoms with E-state index in [1.165, 1.54) is 0 Å². The highest BCUT2D eigenvalue weighted by Gasteiger charge is 2.19. The second-order valence-corrected chi connectivity index (χ2v) is 5.83. The Morgan fingerprint density at radius 1 is 1.22 bits per heavy atom. The number of nitrogens with zero attached hydrogens (tertiary/aromatic N) is 4. The second kappa shape index (κ2) is 6.56. The summed E-state index contributed by atoms with van der Waals surface area (Å²) in [5.74, 6) is 0.139. The van der Waals surface area contributed by atoms with Crippen molar-refractivity contribution in [2.45, 2.75) is 26.4 Å². The third-order valence-corrected chi connectivity index (χ3v) is 3.83. The number of rotatable bonds is 5. The van der Waals surface area contributed by atoms with Crippen LogP contribution in [0.1, 0.15) is 24.2 Å². The quantitative estimate of drug-likeness (QED) is 0.785. The summed E-state index contributed by atoms with van der Waals surface area (Å²) in [6.07, 6.45) is 3.22. The lowest BCUT2D eigenvalue weighted by molar-refractivity contribution is 0.0919. The van der Waals surface area contributed by atoms with E-state index in [-0.39, 0.29) is 17.9 Å². The Labute approximate surface area is 134 Å². The zero-order valence-electron chi connectivity index (χ0n) is 13.2. The summed E-state index contributed by atoms with van der Waals surface area (Å²) in [6, 6.07) is 11.3. The predicted molar refractivity (Wildman–Crippen MR) is 87.9 cm³/mol. The fraction of sp³-hybridized carbons (Fsp3) is 0.294. The predicted octanol–water partition coefficient (Wildman–Crippen LogP) is 2.28. The Morgan fingerprint density at radius 3 is 2.78 bits per heavy atom. The number of carbonyl (C=O) groups is 1. The van der Waals surface area contributed by atoms with Gasteiger partial charge in [0.25, 0.3) is 5.91 Å². The van der Waals surface area contributed by atoms with Crippen molar-refractivity contribution in [3.63, 3.8) is 0 Å². The molecule has 0 aliphatic rings. The zero-order valence-corrected chi connectivity index (χ0v) is 13.2. The van der Waals surface area contributed by atoms with Crippen molar-refractivity contribution in [3.05, 3.63) is 54.4 Å². The molecule has 3 rings (SSSR count). The van der Waals surface area contributed by atoms with Crippen molar-refractivity contribution in [1.29, 1.82) is 0 Å². The lowest BCUT2D eigenvalue weighted by atomic mass is 10.0. The van der Waals surface area contributed by atoms with Crippen molar-refractivity contribution >= 4 is 16.9 Å². The monoisotopic (exact) mass is 309 g/mol. The molecule has 1 N–H and O–H groups in total. The van der Waals surface area contributed by atoms with Crippen LogP contribution in [0.5, 0.6) is 0 Å². The number of aromatic nitrogens is 4. The third-order valence-electron chi connectivity index (χ3n) is 3.83. The summed E-state index contributed by atoms with van der Waals surface area (Å²) in [7, 11) is 0. The number of hydrogen-bond acceptors (Lipinski definition) is 4. The Balaban J connectivity index is 1.78. The smallest absolute Gasteiger partial charge is 0.253 e. The van der Waals surface area contributed by atoms with Gasteiger partial charge >= 0.3 is 0 Å². The van der Waals surface area contributed by atoms with E-state index in [9.17, 15) is 4.79 Å². The van der Waals surface area contributed by atoms with Crippen LogP contribution < -0.4 is 5.32 Å². The first-order valence-corrected chi connectivity index (χ1v) is 7.64. The summed E-state index contributed by atoms with van der Waals surface area (Å²) >= 11 is 0. The number of fused-ring (bicyclic) bond motifs is 1. The number of para-hydroxylation sites is 1. The van der Waals surface area contributed by atoms with Crippen molar-refractivity contribution in [1.82, 2.24) is 25.3 Å². The molecule has 2 aromatic heterocycles. The van der Waals surface area contributed by atoms with Gasteiger partial charge in [-0.3, -0.25) is 9.78 Å². The van der Waals surface area contributed by atoms with Crippen LogP contribution in [0.15, 0.2) is 48.8 Å². The molecule has 1 aromatic carbocycles. The van der Waals surface area contributed by atoms with E-state index >= 15 is 0 Å². The second-order valence-electron chi connectivity index (χ2n) is 5.83. The molecule has 0 aliphatic carbocycles. The van der Waals surface area contributed by atoms with Gasteiger partial charge in [0.2, 0.25) is 0 Å². The van der Waals surface area contributed by atoms with E-state index in [1.807, 2.05) is 28.9 Å². The van der Waals surface area contributed by atoms with Crippen LogP contribution in [0.25, 0.3) is 11.0 Å². The molecular formula is C17H19N5O. The van der Waals surface area contributed by atoms with Gasteiger partial charge in [-0.1, -0.05) is 31.2 Å². The van der Waals surface area contributed by atoms with Crippen LogP contribution in [0.3, 0.4) is 0 Å². The lowest BCUT2D eigenvalue weighted by Crippen LogP contribution is -2.41. The Morgan fingerprint density at radius 2 is 2.04 bits per heavy atom. The first kappa shape index (κ1) is 15.1. The number of nitrogens with one attached hydrogen (secondary N) is 1. The summed E-state index contributed by atoms with van der Waals surface area (Å²) < 4.78 is 1.84. The molecule has 0 bridgehead atoms. The molecule has 0 saturated carbocycles. The maximum atomic E-state index is 12.4. The van der Waals surface area contributed by atoms with Gasteiger partial charge in [-0.15, -0.1) is 5.10 Å². The van der Waals surface area contributed by atoms with E-state index in [0.29, 0.717) is 12.1 Å². The van der Waals surface area contributed by atoms with Crippen molar-refractivity contribution < 1.29 is 4.79 Å². The third kappa shape index (κ3) is 3.36. The van der Waals surface area contributed by atoms with Crippen molar-refractivity contribution in [3.8, 4) is 0 Å². The van der Waals surface area contributed by atoms with Crippen LogP contribution in [-0.4, -0.2) is 31.9 Å². The first-order valence-electron chi connectivity index (χ1n) is 7.64. The Kier molecular flexibility index (Phi) is 4.32. The molecule has 0 unspecified atom stereocenters. The van der Waals surface area contributed by atoms with Gasteiger partial charge in [-0.25, -0.2) is 4.68 Å². The fourth-order valence-corrected chi connectivity index (χ4v) is 2.41. The maximum absolute atomic E-state index is 12.4. The molecular weight excluding hydrogens is 290 g/mol. The summed E-state index contributed by atoms with van der Waals surface area (Å²) in [5, 5.41) is 11.4. The Hall–Kier alpha value is -2.76. The van der Waals surface area contributed by atoms with Gasteiger partial charge in [0, 0.05) is 12.4 Å². The molecule has 3 aromatic rings. The number of hydrogen-bond donors (Lipinski definition) is 1. The minimum absolute atomic E-state index is 0.0483. The summed E-state index contributed by atoms with van der Waals surface area (Å²) in [5.41, 5.74) is 2.38. The standard InChI is InChI=1S/C17H19N5O/c1-12(2)15(19-17(23)13-6-5-9-18-10-13)11-22-16-8-4-3-7-14(16)20-21-22/h3-10,12,15H,11H2,1-2H3,(H,19,23)/t15-/m0/s1. The van der Waals surface area contributed by atoms with Crippen molar-refractivity contribution in [2.75, 3.05) is 0 Å². The van der Waals surface area contributed by atoms with E-state index < -0.39 is 0 Å². The molecule has 6 heteroatoms. The number of carbonyl (C=O) groups excluding carboxylic acids is 1. The van der Waals surface area contributed by atoms with E-state index in [1.54, 1.807) is 24.5 Å². The van der Waals surface area contributed by atoms with Crippen LogP contribution in [0.4, 0.5) is 0 Å². The highest BCUT2D eigenvalue weighted by atomic mass is 16.1. The molecule has 23 heavy (non-hydrogen) atoms. The van der Waals surface area contributed by atoms with Gasteiger partial charge in [-0.05, 0) is 30.2 Å². The average molecular weight is 309 g/mol. The number of pyridine rings is 1. The molecule has 0 fully saturated rings. The van der Waals surface area contributed by atoms with Crippen molar-refractivity contribution in [2.24, 2.45) is 5.92 Å². The molecule has 2 heterocycles. The summed E-state index contributed by atoms with van der Waals surface area (Å²) in [6.45, 7) is 4.73. The SMILES string of the molecule is CC(C)[C@H](Cn1nnc2ccccc21)NC(=O)c1cccnc1. The average Bonchev–Trinajstić information content (AvgIpc) is 2.98. The maximum Gasteiger partial charge on any atom is 0.253 e. The van der Waals surface area contributed by atoms with E-state index in [2.05, 4.69) is 34.5 Å². The Bertz CT molecular complexity index is 797. The van der Waals surface area contributed by atoms with Crippen LogP contribution >= 0.6 is 0 Å². The van der Waals surface area contributed by atoms with Gasteiger partial charge in [0.15, 0.2) is 0 Å². The molecule has 0 spiro atoms. The van der Waals surface area contributed by atoms with E-state index in [4.69, 9.17) is 0 Å². The molecule has 1 atom stereocenters. The lowest BCUT2D eigenvalue weighted by Gasteiger charge is -2.22. The normalized spacial score (nSPS) is 12.5. The van der Waals surface area contributed by atoms with E-state index in [0.717, 1.165) is 11.0 Å². The summed E-state index contributed by atoms with van der Waals surface area (Å²) in [4.78, 5) is 16.3. The number of amides is 1. The molecule has 0 radical (unpaired) electrons. The highest BCUT2D eigenvalue weighted by molar-refractivity contribution is 5.94. The number of benzene rings is 1.